The fourth-order valence-electron chi connectivity index (χ4n) is 2.80. The molecule has 1 amide bonds. The number of nitrogens with zero attached hydrogens (tertiary/aromatic N) is 5. The van der Waals surface area contributed by atoms with Crippen molar-refractivity contribution >= 4 is 11.6 Å². The van der Waals surface area contributed by atoms with Crippen LogP contribution in [0.5, 0.6) is 0 Å². The number of benzene rings is 1. The summed E-state index contributed by atoms with van der Waals surface area (Å²) in [6, 6.07) is 8.20. The van der Waals surface area contributed by atoms with Crippen LogP contribution in [0, 0.1) is 6.92 Å². The molecule has 1 atom stereocenters. The quantitative estimate of drug-likeness (QED) is 0.862. The van der Waals surface area contributed by atoms with Crippen molar-refractivity contribution in [2.24, 2.45) is 0 Å². The predicted molar refractivity (Wildman–Crippen MR) is 84.7 cm³/mol. The molecule has 0 aliphatic carbocycles. The maximum atomic E-state index is 12.5. The van der Waals surface area contributed by atoms with Crippen LogP contribution in [0.25, 0.3) is 0 Å². The molecule has 1 fully saturated rings. The largest absolute Gasteiger partial charge is 0.368 e. The Labute approximate surface area is 130 Å². The molecule has 0 spiro atoms. The number of piperazine rings is 1. The molecule has 3 rings (SSSR count). The minimum atomic E-state index is -0.298. The van der Waals surface area contributed by atoms with E-state index in [-0.39, 0.29) is 11.9 Å². The summed E-state index contributed by atoms with van der Waals surface area (Å²) in [7, 11) is 0. The lowest BCUT2D eigenvalue weighted by Gasteiger charge is -2.37. The van der Waals surface area contributed by atoms with E-state index in [1.165, 1.54) is 17.6 Å². The highest BCUT2D eigenvalue weighted by atomic mass is 16.2. The van der Waals surface area contributed by atoms with Crippen LogP contribution in [0.3, 0.4) is 0 Å². The van der Waals surface area contributed by atoms with E-state index in [0.29, 0.717) is 0 Å². The normalized spacial score (nSPS) is 16.6. The molecule has 2 heterocycles. The zero-order valence-electron chi connectivity index (χ0n) is 13.0. The predicted octanol–water partition coefficient (Wildman–Crippen LogP) is 1.50. The first-order valence-corrected chi connectivity index (χ1v) is 7.59. The van der Waals surface area contributed by atoms with Gasteiger partial charge in [-0.1, -0.05) is 12.1 Å². The molecule has 116 valence electrons. The second-order valence-electron chi connectivity index (χ2n) is 5.70. The third-order valence-corrected chi connectivity index (χ3v) is 4.15. The van der Waals surface area contributed by atoms with Gasteiger partial charge in [-0.25, -0.2) is 9.67 Å². The maximum Gasteiger partial charge on any atom is 0.247 e. The van der Waals surface area contributed by atoms with Crippen LogP contribution in [-0.4, -0.2) is 51.8 Å². The lowest BCUT2D eigenvalue weighted by Crippen LogP contribution is -2.50. The molecule has 0 N–H and O–H groups in total. The Kier molecular flexibility index (Phi) is 4.09. The summed E-state index contributed by atoms with van der Waals surface area (Å²) >= 11 is 0. The Morgan fingerprint density at radius 2 is 2.00 bits per heavy atom. The van der Waals surface area contributed by atoms with Crippen LogP contribution in [0.1, 0.15) is 18.5 Å². The second kappa shape index (κ2) is 6.17. The van der Waals surface area contributed by atoms with Gasteiger partial charge in [0.15, 0.2) is 0 Å². The fraction of sp³-hybridized carbons (Fsp3) is 0.438. The van der Waals surface area contributed by atoms with Crippen LogP contribution in [0.2, 0.25) is 0 Å². The molecule has 2 aromatic rings. The van der Waals surface area contributed by atoms with Crippen molar-refractivity contribution < 1.29 is 4.79 Å². The van der Waals surface area contributed by atoms with Crippen molar-refractivity contribution in [2.45, 2.75) is 19.9 Å². The average molecular weight is 299 g/mol. The van der Waals surface area contributed by atoms with Crippen LogP contribution in [0.15, 0.2) is 36.9 Å². The number of hydrogen-bond acceptors (Lipinski definition) is 4. The summed E-state index contributed by atoms with van der Waals surface area (Å²) in [5.74, 6) is 0.106. The molecule has 0 bridgehead atoms. The van der Waals surface area contributed by atoms with Crippen LogP contribution in [0.4, 0.5) is 5.69 Å². The van der Waals surface area contributed by atoms with Gasteiger partial charge in [-0.15, -0.1) is 0 Å². The van der Waals surface area contributed by atoms with Gasteiger partial charge in [0.1, 0.15) is 18.7 Å². The summed E-state index contributed by atoms with van der Waals surface area (Å²) < 4.78 is 1.61. The smallest absolute Gasteiger partial charge is 0.247 e. The molecule has 22 heavy (non-hydrogen) atoms. The highest BCUT2D eigenvalue weighted by molar-refractivity contribution is 5.80. The maximum absolute atomic E-state index is 12.5. The van der Waals surface area contributed by atoms with E-state index in [2.05, 4.69) is 46.2 Å². The van der Waals surface area contributed by atoms with Gasteiger partial charge >= 0.3 is 0 Å². The molecule has 0 saturated carbocycles. The summed E-state index contributed by atoms with van der Waals surface area (Å²) in [6.45, 7) is 7.17. The number of hydrogen-bond donors (Lipinski definition) is 0. The minimum Gasteiger partial charge on any atom is -0.368 e. The van der Waals surface area contributed by atoms with Crippen molar-refractivity contribution in [2.75, 3.05) is 31.1 Å². The Hall–Kier alpha value is -2.37. The van der Waals surface area contributed by atoms with E-state index in [9.17, 15) is 4.79 Å². The van der Waals surface area contributed by atoms with Crippen LogP contribution >= 0.6 is 0 Å². The molecule has 6 heteroatoms. The zero-order valence-corrected chi connectivity index (χ0v) is 13.0. The van der Waals surface area contributed by atoms with E-state index in [1.807, 2.05) is 11.8 Å². The Morgan fingerprint density at radius 3 is 2.64 bits per heavy atom. The SMILES string of the molecule is Cc1cccc(N2CCN(C(=O)[C@@H](C)n3cncn3)CC2)c1. The highest BCUT2D eigenvalue weighted by Crippen LogP contribution is 2.19. The molecule has 1 aromatic heterocycles. The van der Waals surface area contributed by atoms with Crippen LogP contribution < -0.4 is 4.90 Å². The average Bonchev–Trinajstić information content (AvgIpc) is 3.08. The molecule has 6 nitrogen and oxygen atoms in total. The van der Waals surface area contributed by atoms with Gasteiger partial charge in [0.05, 0.1) is 0 Å². The molecular formula is C16H21N5O. The standard InChI is InChI=1S/C16H21N5O/c1-13-4-3-5-15(10-13)19-6-8-20(9-7-19)16(22)14(2)21-12-17-11-18-21/h3-5,10-12,14H,6-9H2,1-2H3/t14-/m1/s1. The molecule has 1 saturated heterocycles. The number of anilines is 1. The molecule has 0 unspecified atom stereocenters. The highest BCUT2D eigenvalue weighted by Gasteiger charge is 2.26. The number of rotatable bonds is 3. The van der Waals surface area contributed by atoms with Gasteiger partial charge in [0, 0.05) is 31.9 Å². The summed E-state index contributed by atoms with van der Waals surface area (Å²) in [5.41, 5.74) is 2.49. The molecule has 0 radical (unpaired) electrons. The number of aromatic nitrogens is 3. The molecule has 1 aliphatic heterocycles. The number of amides is 1. The lowest BCUT2D eigenvalue weighted by atomic mass is 10.2. The van der Waals surface area contributed by atoms with Crippen molar-refractivity contribution in [3.63, 3.8) is 0 Å². The number of carbonyl (C=O) groups excluding carboxylic acids is 1. The van der Waals surface area contributed by atoms with Crippen LogP contribution in [-0.2, 0) is 4.79 Å². The van der Waals surface area contributed by atoms with Gasteiger partial charge in [-0.2, -0.15) is 5.10 Å². The molecule has 1 aromatic carbocycles. The summed E-state index contributed by atoms with van der Waals surface area (Å²) in [6.07, 6.45) is 3.05. The van der Waals surface area contributed by atoms with Gasteiger partial charge in [0.2, 0.25) is 5.91 Å². The van der Waals surface area contributed by atoms with Gasteiger partial charge < -0.3 is 9.80 Å². The van der Waals surface area contributed by atoms with Crippen molar-refractivity contribution in [1.29, 1.82) is 0 Å². The molecule has 1 aliphatic rings. The number of aryl methyl sites for hydroxylation is 1. The van der Waals surface area contributed by atoms with Crippen molar-refractivity contribution in [3.8, 4) is 0 Å². The molecular weight excluding hydrogens is 278 g/mol. The first-order valence-electron chi connectivity index (χ1n) is 7.59. The van der Waals surface area contributed by atoms with E-state index in [1.54, 1.807) is 11.0 Å². The zero-order chi connectivity index (χ0) is 15.5. The third kappa shape index (κ3) is 2.95. The van der Waals surface area contributed by atoms with E-state index in [4.69, 9.17) is 0 Å². The number of carbonyl (C=O) groups is 1. The monoisotopic (exact) mass is 299 g/mol. The third-order valence-electron chi connectivity index (χ3n) is 4.15. The topological polar surface area (TPSA) is 54.3 Å². The second-order valence-corrected chi connectivity index (χ2v) is 5.70. The Morgan fingerprint density at radius 1 is 1.23 bits per heavy atom. The minimum absolute atomic E-state index is 0.106. The lowest BCUT2D eigenvalue weighted by molar-refractivity contribution is -0.134. The van der Waals surface area contributed by atoms with Crippen molar-refractivity contribution in [1.82, 2.24) is 19.7 Å². The Balaban J connectivity index is 1.61. The fourth-order valence-corrected chi connectivity index (χ4v) is 2.80. The first kappa shape index (κ1) is 14.6. The first-order chi connectivity index (χ1) is 10.6. The van der Waals surface area contributed by atoms with E-state index >= 15 is 0 Å². The summed E-state index contributed by atoms with van der Waals surface area (Å²) in [5, 5.41) is 4.05. The van der Waals surface area contributed by atoms with E-state index < -0.39 is 0 Å². The van der Waals surface area contributed by atoms with Gasteiger partial charge in [0.25, 0.3) is 0 Å². The Bertz CT molecular complexity index is 632. The van der Waals surface area contributed by atoms with Gasteiger partial charge in [-0.3, -0.25) is 4.79 Å². The van der Waals surface area contributed by atoms with Gasteiger partial charge in [-0.05, 0) is 31.5 Å². The summed E-state index contributed by atoms with van der Waals surface area (Å²) in [4.78, 5) is 20.7. The van der Waals surface area contributed by atoms with E-state index in [0.717, 1.165) is 26.2 Å². The van der Waals surface area contributed by atoms with Crippen molar-refractivity contribution in [3.05, 3.63) is 42.5 Å².